The fourth-order valence-corrected chi connectivity index (χ4v) is 11.6. The molecule has 3 atom stereocenters. The van der Waals surface area contributed by atoms with Crippen LogP contribution >= 0.6 is 7.82 Å². The van der Waals surface area contributed by atoms with E-state index in [0.29, 0.717) is 17.4 Å². The lowest BCUT2D eigenvalue weighted by Gasteiger charge is -2.29. The average Bonchev–Trinajstić information content (AvgIpc) is 3.09. The van der Waals surface area contributed by atoms with Crippen LogP contribution in [-0.2, 0) is 18.4 Å². The lowest BCUT2D eigenvalue weighted by molar-refractivity contribution is -0.870. The van der Waals surface area contributed by atoms with Crippen LogP contribution in [0.2, 0.25) is 0 Å². The number of allylic oxidation sites excluding steroid dienone is 19. The van der Waals surface area contributed by atoms with Crippen molar-refractivity contribution in [2.24, 2.45) is 0 Å². The first-order valence-electron chi connectivity index (χ1n) is 37.9. The summed E-state index contributed by atoms with van der Waals surface area (Å²) in [5.74, 6) is -0.206. The molecule has 0 aliphatic heterocycles. The molecule has 0 saturated carbocycles. The molecule has 0 saturated heterocycles. The second-order valence-electron chi connectivity index (χ2n) is 26.6. The lowest BCUT2D eigenvalue weighted by Crippen LogP contribution is -2.45. The van der Waals surface area contributed by atoms with Crippen molar-refractivity contribution in [3.63, 3.8) is 0 Å². The predicted molar refractivity (Wildman–Crippen MR) is 394 cm³/mol. The minimum Gasteiger partial charge on any atom is -0.756 e. The molecule has 520 valence electrons. The molecule has 9 heteroatoms. The Kier molecular flexibility index (Phi) is 67.8. The first-order chi connectivity index (χ1) is 44.0. The van der Waals surface area contributed by atoms with E-state index in [2.05, 4.69) is 129 Å². The summed E-state index contributed by atoms with van der Waals surface area (Å²) in [7, 11) is 1.24. The average molecular weight is 1270 g/mol. The van der Waals surface area contributed by atoms with Crippen LogP contribution in [-0.4, -0.2) is 68.5 Å². The molecule has 0 aliphatic rings. The van der Waals surface area contributed by atoms with E-state index < -0.39 is 26.6 Å². The van der Waals surface area contributed by atoms with Gasteiger partial charge in [-0.25, -0.2) is 0 Å². The molecule has 1 amide bonds. The number of phosphoric ester groups is 1. The molecule has 0 heterocycles. The highest BCUT2D eigenvalue weighted by Crippen LogP contribution is 2.38. The molecular weight excluding hydrogens is 1130 g/mol. The predicted octanol–water partition coefficient (Wildman–Crippen LogP) is 24.1. The van der Waals surface area contributed by atoms with E-state index in [0.717, 1.165) is 89.9 Å². The van der Waals surface area contributed by atoms with Gasteiger partial charge in [-0.2, -0.15) is 0 Å². The van der Waals surface area contributed by atoms with Gasteiger partial charge in [-0.1, -0.05) is 354 Å². The summed E-state index contributed by atoms with van der Waals surface area (Å²) in [6.07, 6.45) is 105. The maximum absolute atomic E-state index is 13.1. The minimum absolute atomic E-state index is 0.00942. The summed E-state index contributed by atoms with van der Waals surface area (Å²) >= 11 is 0. The van der Waals surface area contributed by atoms with Crippen LogP contribution < -0.4 is 10.2 Å². The van der Waals surface area contributed by atoms with E-state index in [-0.39, 0.29) is 12.5 Å². The summed E-state index contributed by atoms with van der Waals surface area (Å²) in [4.78, 5) is 25.7. The van der Waals surface area contributed by atoms with E-state index >= 15 is 0 Å². The molecule has 0 aromatic carbocycles. The van der Waals surface area contributed by atoms with Crippen molar-refractivity contribution in [1.82, 2.24) is 5.32 Å². The van der Waals surface area contributed by atoms with Gasteiger partial charge in [-0.05, 0) is 96.3 Å². The molecule has 0 fully saturated rings. The Balaban J connectivity index is 4.05. The van der Waals surface area contributed by atoms with Gasteiger partial charge in [-0.15, -0.1) is 0 Å². The summed E-state index contributed by atoms with van der Waals surface area (Å²) in [6, 6.07) is -0.911. The summed E-state index contributed by atoms with van der Waals surface area (Å²) in [6.45, 7) is 4.55. The van der Waals surface area contributed by atoms with Crippen LogP contribution in [0.5, 0.6) is 0 Å². The topological polar surface area (TPSA) is 108 Å². The van der Waals surface area contributed by atoms with Gasteiger partial charge in [0.05, 0.1) is 39.9 Å². The van der Waals surface area contributed by atoms with Crippen molar-refractivity contribution in [1.29, 1.82) is 0 Å². The number of nitrogens with zero attached hydrogens (tertiary/aromatic N) is 1. The van der Waals surface area contributed by atoms with E-state index in [1.165, 1.54) is 225 Å². The number of carbonyl (C=O) groups excluding carboxylic acids is 1. The van der Waals surface area contributed by atoms with Crippen LogP contribution in [0.1, 0.15) is 335 Å². The van der Waals surface area contributed by atoms with Crippen LogP contribution in [0.3, 0.4) is 0 Å². The number of unbranched alkanes of at least 4 members (excludes halogenated alkanes) is 38. The molecule has 3 unspecified atom stereocenters. The van der Waals surface area contributed by atoms with E-state index in [1.807, 2.05) is 27.2 Å². The SMILES string of the molecule is CC/C=C\C/C=C\C/C=C\C/C=C\C/C=C\C/C=C\C/C=C\C/C=C\CCCCCCCCCCCCCCCCCCC(=O)NC(COP(=O)([O-])OCC[N+](C)(C)C)C(O)/C=C/CC/C=C/CCCCCCCCCCCCCCCCCCCCCCC. The fraction of sp³-hybridized carbons (Fsp3) is 0.741. The summed E-state index contributed by atoms with van der Waals surface area (Å²) in [5, 5.41) is 14.0. The molecule has 0 radical (unpaired) electrons. The number of amides is 1. The highest BCUT2D eigenvalue weighted by molar-refractivity contribution is 7.45. The van der Waals surface area contributed by atoms with Crippen molar-refractivity contribution in [2.45, 2.75) is 347 Å². The number of phosphoric acid groups is 1. The van der Waals surface area contributed by atoms with Crippen molar-refractivity contribution >= 4 is 13.7 Å². The second kappa shape index (κ2) is 70.2. The molecule has 0 spiro atoms. The quantitative estimate of drug-likeness (QED) is 0.0272. The Hall–Kier alpha value is -3.10. The summed E-state index contributed by atoms with van der Waals surface area (Å²) < 4.78 is 23.5. The maximum Gasteiger partial charge on any atom is 0.268 e. The number of hydrogen-bond acceptors (Lipinski definition) is 6. The van der Waals surface area contributed by atoms with Crippen LogP contribution in [0.15, 0.2) is 122 Å². The van der Waals surface area contributed by atoms with Gasteiger partial charge in [-0.3, -0.25) is 9.36 Å². The van der Waals surface area contributed by atoms with Gasteiger partial charge in [0, 0.05) is 6.42 Å². The molecule has 0 aliphatic carbocycles. The molecule has 0 rings (SSSR count). The van der Waals surface area contributed by atoms with E-state index in [4.69, 9.17) is 9.05 Å². The zero-order valence-corrected chi connectivity index (χ0v) is 60.5. The molecule has 8 nitrogen and oxygen atoms in total. The van der Waals surface area contributed by atoms with E-state index in [9.17, 15) is 19.4 Å². The van der Waals surface area contributed by atoms with Crippen molar-refractivity contribution in [3.05, 3.63) is 122 Å². The minimum atomic E-state index is -4.62. The zero-order chi connectivity index (χ0) is 65.5. The third-order valence-corrected chi connectivity index (χ3v) is 17.6. The number of nitrogens with one attached hydrogen (secondary N) is 1. The third kappa shape index (κ3) is 72.3. The molecule has 2 N–H and O–H groups in total. The Morgan fingerprint density at radius 1 is 0.400 bits per heavy atom. The normalized spacial score (nSPS) is 14.3. The molecular formula is C81H145N2O6P. The second-order valence-corrected chi connectivity index (χ2v) is 28.0. The fourth-order valence-electron chi connectivity index (χ4n) is 10.8. The van der Waals surface area contributed by atoms with Gasteiger partial charge in [0.1, 0.15) is 13.2 Å². The third-order valence-electron chi connectivity index (χ3n) is 16.7. The van der Waals surface area contributed by atoms with Gasteiger partial charge in [0.15, 0.2) is 0 Å². The zero-order valence-electron chi connectivity index (χ0n) is 59.6. The molecule has 90 heavy (non-hydrogen) atoms. The van der Waals surface area contributed by atoms with E-state index in [1.54, 1.807) is 6.08 Å². The number of likely N-dealkylation sites (N-methyl/N-ethyl adjacent to an activating group) is 1. The van der Waals surface area contributed by atoms with Gasteiger partial charge in [0.2, 0.25) is 5.91 Å². The summed E-state index contributed by atoms with van der Waals surface area (Å²) in [5.41, 5.74) is 0. The van der Waals surface area contributed by atoms with Gasteiger partial charge < -0.3 is 28.8 Å². The van der Waals surface area contributed by atoms with Crippen LogP contribution in [0, 0.1) is 0 Å². The number of aliphatic hydroxyl groups excluding tert-OH is 1. The number of quaternary nitrogens is 1. The van der Waals surface area contributed by atoms with Gasteiger partial charge >= 0.3 is 0 Å². The monoisotopic (exact) mass is 1270 g/mol. The number of hydrogen-bond donors (Lipinski definition) is 2. The Morgan fingerprint density at radius 3 is 1.03 bits per heavy atom. The molecule has 0 aromatic rings. The smallest absolute Gasteiger partial charge is 0.268 e. The highest BCUT2D eigenvalue weighted by Gasteiger charge is 2.23. The van der Waals surface area contributed by atoms with Crippen LogP contribution in [0.25, 0.3) is 0 Å². The number of aliphatic hydroxyl groups is 1. The lowest BCUT2D eigenvalue weighted by atomic mass is 10.0. The number of carbonyl (C=O) groups is 1. The number of rotatable bonds is 69. The first-order valence-corrected chi connectivity index (χ1v) is 39.4. The van der Waals surface area contributed by atoms with Crippen molar-refractivity contribution in [3.8, 4) is 0 Å². The molecule has 0 bridgehead atoms. The Morgan fingerprint density at radius 2 is 0.689 bits per heavy atom. The standard InChI is InChI=1S/C81H145N2O6P/c1-6-8-10-12-14-16-18-20-22-24-26-28-30-32-34-35-36-37-38-39-40-41-42-43-44-45-46-47-49-51-53-55-57-59-61-63-65-67-69-71-73-75-81(85)82-79(78-89-90(86,87)88-77-76-83(3,4)5)80(84)74-72-70-68-66-64-62-60-58-56-54-52-50-48-33-31-29-27-25-23-21-19-17-15-13-11-9-7-2/h8,10,14,16,20,22,26,28,32,34,36-37,39-40,42-43,64,66,72,74,79-80,84H,6-7,9,11-13,15,17-19,21,23-25,27,29-31,33,35,38,41,44-63,65,67-71,73,75-78H2,1-5H3,(H-,82,85,86,87)/b10-8-,16-14-,22-20-,28-26-,34-32-,37-36-,40-39-,43-42-,66-64+,74-72+. The molecule has 0 aromatic heterocycles. The highest BCUT2D eigenvalue weighted by atomic mass is 31.2. The largest absolute Gasteiger partial charge is 0.756 e. The Bertz CT molecular complexity index is 1890. The van der Waals surface area contributed by atoms with Crippen molar-refractivity contribution < 1.29 is 32.9 Å². The van der Waals surface area contributed by atoms with Crippen molar-refractivity contribution in [2.75, 3.05) is 40.9 Å². The first kappa shape index (κ1) is 86.9. The maximum atomic E-state index is 13.1. The Labute approximate surface area is 558 Å². The van der Waals surface area contributed by atoms with Gasteiger partial charge in [0.25, 0.3) is 7.82 Å². The van der Waals surface area contributed by atoms with Crippen LogP contribution in [0.4, 0.5) is 0 Å².